The number of carbonyl (C=O) groups excluding carboxylic acids is 2. The van der Waals surface area contributed by atoms with Crippen LogP contribution in [0, 0.1) is 0 Å². The summed E-state index contributed by atoms with van der Waals surface area (Å²) in [7, 11) is 0. The predicted molar refractivity (Wildman–Crippen MR) is 96.1 cm³/mol. The van der Waals surface area contributed by atoms with Crippen LogP contribution in [0.2, 0.25) is 0 Å². The molecule has 1 aliphatic rings. The molecular weight excluding hydrogens is 394 g/mol. The van der Waals surface area contributed by atoms with Crippen LogP contribution in [0.5, 0.6) is 0 Å². The molecule has 1 unspecified atom stereocenters. The predicted octanol–water partition coefficient (Wildman–Crippen LogP) is 3.17. The third kappa shape index (κ3) is 4.28. The Hall–Kier alpha value is -1.29. The molecule has 25 heavy (non-hydrogen) atoms. The summed E-state index contributed by atoms with van der Waals surface area (Å²) in [6, 6.07) is 0.987. The summed E-state index contributed by atoms with van der Waals surface area (Å²) in [5.41, 5.74) is 0.682. The molecule has 0 saturated carbocycles. The van der Waals surface area contributed by atoms with Gasteiger partial charge in [0.25, 0.3) is 5.92 Å². The van der Waals surface area contributed by atoms with E-state index in [0.717, 1.165) is 9.40 Å². The highest BCUT2D eigenvalue weighted by Crippen LogP contribution is 2.36. The second-order valence-corrected chi connectivity index (χ2v) is 7.42. The lowest BCUT2D eigenvalue weighted by Crippen LogP contribution is -2.40. The molecule has 1 aliphatic heterocycles. The fraction of sp³-hybridized carbons (Fsp3) is 0.467. The first-order valence-electron chi connectivity index (χ1n) is 7.46. The van der Waals surface area contributed by atoms with Gasteiger partial charge in [0.05, 0.1) is 23.9 Å². The van der Waals surface area contributed by atoms with Crippen LogP contribution in [0.1, 0.15) is 28.6 Å². The van der Waals surface area contributed by atoms with Crippen molar-refractivity contribution in [3.8, 4) is 0 Å². The van der Waals surface area contributed by atoms with E-state index in [2.05, 4.69) is 10.6 Å². The largest absolute Gasteiger partial charge is 0.462 e. The number of rotatable bonds is 5. The second kappa shape index (κ2) is 7.94. The van der Waals surface area contributed by atoms with Gasteiger partial charge < -0.3 is 10.1 Å². The molecule has 5 nitrogen and oxygen atoms in total. The van der Waals surface area contributed by atoms with Crippen molar-refractivity contribution in [2.75, 3.05) is 13.2 Å². The second-order valence-electron chi connectivity index (χ2n) is 5.46. The molecule has 2 N–H and O–H groups in total. The minimum atomic E-state index is -2.86. The first-order valence-corrected chi connectivity index (χ1v) is 9.16. The molecule has 2 aromatic rings. The number of thiophene rings is 2. The van der Waals surface area contributed by atoms with Gasteiger partial charge in [-0.3, -0.25) is 10.1 Å². The van der Waals surface area contributed by atoms with E-state index < -0.39 is 36.8 Å². The van der Waals surface area contributed by atoms with Crippen molar-refractivity contribution < 1.29 is 23.1 Å². The number of ether oxygens (including phenoxy) is 1. The lowest BCUT2D eigenvalue weighted by Gasteiger charge is -2.11. The number of amides is 1. The Morgan fingerprint density at radius 3 is 2.88 bits per heavy atom. The highest BCUT2D eigenvalue weighted by Gasteiger charge is 2.42. The van der Waals surface area contributed by atoms with Gasteiger partial charge in [-0.1, -0.05) is 0 Å². The van der Waals surface area contributed by atoms with Gasteiger partial charge in [-0.15, -0.1) is 35.1 Å². The quantitative estimate of drug-likeness (QED) is 0.743. The van der Waals surface area contributed by atoms with Crippen LogP contribution < -0.4 is 10.6 Å². The molecule has 10 heteroatoms. The van der Waals surface area contributed by atoms with Crippen molar-refractivity contribution in [2.24, 2.45) is 0 Å². The molecule has 1 amide bonds. The summed E-state index contributed by atoms with van der Waals surface area (Å²) >= 11 is 2.78. The third-order valence-corrected chi connectivity index (χ3v) is 6.00. The zero-order chi connectivity index (χ0) is 17.3. The number of halogens is 3. The molecule has 138 valence electrons. The van der Waals surface area contributed by atoms with E-state index in [0.29, 0.717) is 10.4 Å². The van der Waals surface area contributed by atoms with Crippen molar-refractivity contribution in [1.82, 2.24) is 10.6 Å². The summed E-state index contributed by atoms with van der Waals surface area (Å²) < 4.78 is 33.3. The van der Waals surface area contributed by atoms with E-state index in [4.69, 9.17) is 4.74 Å². The van der Waals surface area contributed by atoms with E-state index in [1.54, 1.807) is 6.92 Å². The Labute approximate surface area is 157 Å². The van der Waals surface area contributed by atoms with Crippen molar-refractivity contribution in [3.05, 3.63) is 21.9 Å². The fourth-order valence-corrected chi connectivity index (χ4v) is 4.87. The van der Waals surface area contributed by atoms with Crippen molar-refractivity contribution in [1.29, 1.82) is 0 Å². The molecule has 0 spiro atoms. The zero-order valence-electron chi connectivity index (χ0n) is 13.3. The molecule has 0 bridgehead atoms. The van der Waals surface area contributed by atoms with Crippen molar-refractivity contribution >= 4 is 56.4 Å². The van der Waals surface area contributed by atoms with E-state index in [-0.39, 0.29) is 25.6 Å². The SMILES string of the molecule is CCOC(=O)c1sc2ccsc2c1CNC(=O)C1CC(F)(F)CN1.Cl. The molecule has 0 radical (unpaired) electrons. The van der Waals surface area contributed by atoms with Crippen LogP contribution >= 0.6 is 35.1 Å². The maximum Gasteiger partial charge on any atom is 0.348 e. The summed E-state index contributed by atoms with van der Waals surface area (Å²) in [6.07, 6.45) is -0.512. The third-order valence-electron chi connectivity index (χ3n) is 3.72. The van der Waals surface area contributed by atoms with E-state index in [9.17, 15) is 18.4 Å². The first kappa shape index (κ1) is 20.0. The number of alkyl halides is 2. The van der Waals surface area contributed by atoms with Gasteiger partial charge in [-0.05, 0) is 18.4 Å². The minimum Gasteiger partial charge on any atom is -0.462 e. The fourth-order valence-electron chi connectivity index (χ4n) is 2.59. The van der Waals surface area contributed by atoms with Gasteiger partial charge in [0.15, 0.2) is 0 Å². The highest BCUT2D eigenvalue weighted by atomic mass is 35.5. The molecule has 1 atom stereocenters. The molecular formula is C15H17ClF2N2O3S2. The Balaban J connectivity index is 0.00000225. The van der Waals surface area contributed by atoms with Crippen LogP contribution in [-0.4, -0.2) is 37.0 Å². The highest BCUT2D eigenvalue weighted by molar-refractivity contribution is 7.28. The summed E-state index contributed by atoms with van der Waals surface area (Å²) in [5, 5.41) is 7.08. The Morgan fingerprint density at radius 1 is 1.48 bits per heavy atom. The molecule has 3 heterocycles. The van der Waals surface area contributed by atoms with E-state index in [1.165, 1.54) is 22.7 Å². The summed E-state index contributed by atoms with van der Waals surface area (Å²) in [5.74, 6) is -3.78. The van der Waals surface area contributed by atoms with Gasteiger partial charge >= 0.3 is 5.97 Å². The monoisotopic (exact) mass is 410 g/mol. The number of nitrogens with one attached hydrogen (secondary N) is 2. The Bertz CT molecular complexity index is 778. The van der Waals surface area contributed by atoms with Crippen molar-refractivity contribution in [3.63, 3.8) is 0 Å². The smallest absolute Gasteiger partial charge is 0.348 e. The molecule has 1 fully saturated rings. The summed E-state index contributed by atoms with van der Waals surface area (Å²) in [6.45, 7) is 1.60. The van der Waals surface area contributed by atoms with Gasteiger partial charge in [0.1, 0.15) is 4.88 Å². The molecule has 3 rings (SSSR count). The molecule has 0 aliphatic carbocycles. The van der Waals surface area contributed by atoms with Crippen LogP contribution in [0.4, 0.5) is 8.78 Å². The van der Waals surface area contributed by atoms with Gasteiger partial charge in [-0.25, -0.2) is 13.6 Å². The lowest BCUT2D eigenvalue weighted by atomic mass is 10.1. The topological polar surface area (TPSA) is 67.4 Å². The summed E-state index contributed by atoms with van der Waals surface area (Å²) in [4.78, 5) is 24.6. The zero-order valence-corrected chi connectivity index (χ0v) is 15.7. The normalized spacial score (nSPS) is 18.8. The van der Waals surface area contributed by atoms with E-state index in [1.807, 2.05) is 11.4 Å². The standard InChI is InChI=1S/C15H16F2N2O3S2.ClH/c1-2-22-14(21)12-8(11-10(24-12)3-4-23-11)6-18-13(20)9-5-15(16,17)7-19-9;/h3-4,9,19H,2,5-7H2,1H3,(H,18,20);1H. The number of esters is 1. The molecule has 0 aromatic carbocycles. The Morgan fingerprint density at radius 2 is 2.24 bits per heavy atom. The van der Waals surface area contributed by atoms with Crippen molar-refractivity contribution in [2.45, 2.75) is 31.9 Å². The molecule has 1 saturated heterocycles. The Kier molecular flexibility index (Phi) is 6.36. The van der Waals surface area contributed by atoms with E-state index >= 15 is 0 Å². The number of hydrogen-bond donors (Lipinski definition) is 2. The maximum atomic E-state index is 13.2. The number of carbonyl (C=O) groups is 2. The average Bonchev–Trinajstić information content (AvgIpc) is 3.19. The van der Waals surface area contributed by atoms with Crippen LogP contribution in [-0.2, 0) is 16.1 Å². The number of hydrogen-bond acceptors (Lipinski definition) is 6. The van der Waals surface area contributed by atoms with Gasteiger partial charge in [0, 0.05) is 23.2 Å². The van der Waals surface area contributed by atoms with Crippen LogP contribution in [0.25, 0.3) is 9.40 Å². The van der Waals surface area contributed by atoms with Gasteiger partial charge in [-0.2, -0.15) is 0 Å². The van der Waals surface area contributed by atoms with Crippen LogP contribution in [0.15, 0.2) is 11.4 Å². The minimum absolute atomic E-state index is 0. The maximum absolute atomic E-state index is 13.2. The average molecular weight is 411 g/mol. The lowest BCUT2D eigenvalue weighted by molar-refractivity contribution is -0.123. The van der Waals surface area contributed by atoms with Crippen LogP contribution in [0.3, 0.4) is 0 Å². The molecule has 2 aromatic heterocycles. The van der Waals surface area contributed by atoms with Gasteiger partial charge in [0.2, 0.25) is 5.91 Å². The number of fused-ring (bicyclic) bond motifs is 1. The first-order chi connectivity index (χ1) is 11.4.